The Morgan fingerprint density at radius 1 is 0.889 bits per heavy atom. The van der Waals surface area contributed by atoms with Crippen LogP contribution in [0.2, 0.25) is 0 Å². The summed E-state index contributed by atoms with van der Waals surface area (Å²) in [5.74, 6) is -1.07. The van der Waals surface area contributed by atoms with E-state index in [-0.39, 0.29) is 23.1 Å². The van der Waals surface area contributed by atoms with Crippen molar-refractivity contribution in [2.75, 3.05) is 28.8 Å². The summed E-state index contributed by atoms with van der Waals surface area (Å²) in [5, 5.41) is 11.9. The highest BCUT2D eigenvalue weighted by molar-refractivity contribution is 8.00. The molecule has 3 heterocycles. The summed E-state index contributed by atoms with van der Waals surface area (Å²) in [5.41, 5.74) is 3.32. The van der Waals surface area contributed by atoms with Crippen LogP contribution in [0.3, 0.4) is 0 Å². The van der Waals surface area contributed by atoms with Gasteiger partial charge >= 0.3 is 5.97 Å². The second kappa shape index (κ2) is 12.6. The Hall–Kier alpha value is -4.30. The molecule has 0 fully saturated rings. The van der Waals surface area contributed by atoms with E-state index in [4.69, 9.17) is 4.74 Å². The molecule has 0 saturated carbocycles. The molecule has 1 N–H and O–H groups in total. The first-order valence-corrected chi connectivity index (χ1v) is 17.5. The van der Waals surface area contributed by atoms with Gasteiger partial charge in [-0.15, -0.1) is 22.0 Å². The van der Waals surface area contributed by atoms with Crippen LogP contribution in [0.5, 0.6) is 0 Å². The van der Waals surface area contributed by atoms with Gasteiger partial charge in [-0.3, -0.25) is 18.9 Å². The van der Waals surface area contributed by atoms with E-state index < -0.39 is 12.6 Å². The first kappa shape index (κ1) is 29.4. The van der Waals surface area contributed by atoms with Crippen molar-refractivity contribution in [3.8, 4) is 0 Å². The van der Waals surface area contributed by atoms with Crippen molar-refractivity contribution < 1.29 is 19.1 Å². The van der Waals surface area contributed by atoms with Crippen molar-refractivity contribution in [3.05, 3.63) is 96.6 Å². The van der Waals surface area contributed by atoms with E-state index in [0.29, 0.717) is 10.8 Å². The Labute approximate surface area is 274 Å². The number of para-hydroxylation sites is 2. The maximum absolute atomic E-state index is 13.5. The molecule has 0 aliphatic carbocycles. The number of nitrogens with one attached hydrogen (secondary N) is 1. The maximum Gasteiger partial charge on any atom is 0.338 e. The van der Waals surface area contributed by atoms with E-state index >= 15 is 0 Å². The smallest absolute Gasteiger partial charge is 0.338 e. The summed E-state index contributed by atoms with van der Waals surface area (Å²) >= 11 is 6.04. The Bertz CT molecular complexity index is 2090. The van der Waals surface area contributed by atoms with Crippen molar-refractivity contribution in [2.45, 2.75) is 19.8 Å². The molecule has 0 bridgehead atoms. The average Bonchev–Trinajstić information content (AvgIpc) is 3.64. The normalized spacial score (nSPS) is 12.2. The monoisotopic (exact) mass is 669 g/mol. The van der Waals surface area contributed by atoms with E-state index in [9.17, 15) is 14.4 Å². The fraction of sp³-hybridized carbons (Fsp3) is 0.0938. The van der Waals surface area contributed by atoms with Gasteiger partial charge in [-0.05, 0) is 73.0 Å². The molecule has 2 amide bonds. The summed E-state index contributed by atoms with van der Waals surface area (Å²) in [4.78, 5) is 44.4. The third-order valence-corrected chi connectivity index (χ3v) is 10.8. The molecule has 13 heteroatoms. The molecule has 45 heavy (non-hydrogen) atoms. The molecule has 7 rings (SSSR count). The summed E-state index contributed by atoms with van der Waals surface area (Å²) in [7, 11) is 0. The fourth-order valence-electron chi connectivity index (χ4n) is 4.87. The molecule has 0 unspecified atom stereocenters. The molecule has 4 aromatic carbocycles. The van der Waals surface area contributed by atoms with Gasteiger partial charge in [0.2, 0.25) is 10.9 Å². The number of esters is 1. The van der Waals surface area contributed by atoms with Crippen LogP contribution in [0.15, 0.2) is 111 Å². The number of nitrogens with zero attached hydrogens (tertiary/aromatic N) is 4. The number of hydrogen-bond acceptors (Lipinski definition) is 10. The maximum atomic E-state index is 13.5. The molecule has 6 aromatic rings. The van der Waals surface area contributed by atoms with Crippen LogP contribution >= 0.6 is 46.6 Å². The first-order chi connectivity index (χ1) is 22.0. The summed E-state index contributed by atoms with van der Waals surface area (Å²) < 4.78 is 8.49. The molecule has 224 valence electrons. The molecule has 1 aliphatic heterocycles. The van der Waals surface area contributed by atoms with E-state index in [1.54, 1.807) is 64.0 Å². The lowest BCUT2D eigenvalue weighted by Gasteiger charge is -2.31. The number of thioether (sulfide) groups is 2. The van der Waals surface area contributed by atoms with Crippen LogP contribution in [0.1, 0.15) is 10.4 Å². The predicted octanol–water partition coefficient (Wildman–Crippen LogP) is 7.38. The number of anilines is 3. The summed E-state index contributed by atoms with van der Waals surface area (Å²) in [6.07, 6.45) is 1.98. The lowest BCUT2D eigenvalue weighted by Crippen LogP contribution is -2.32. The molecule has 0 atom stereocenters. The number of ether oxygens (including phenoxy) is 1. The Morgan fingerprint density at radius 3 is 2.51 bits per heavy atom. The number of carbonyl (C=O) groups excluding carboxylic acids is 3. The van der Waals surface area contributed by atoms with E-state index in [0.717, 1.165) is 41.2 Å². The van der Waals surface area contributed by atoms with Crippen LogP contribution in [0.25, 0.3) is 15.2 Å². The number of fused-ring (bicyclic) bond motifs is 5. The topological polar surface area (TPSA) is 106 Å². The third-order valence-electron chi connectivity index (χ3n) is 6.96. The zero-order chi connectivity index (χ0) is 30.9. The van der Waals surface area contributed by atoms with Crippen molar-refractivity contribution in [2.24, 2.45) is 0 Å². The van der Waals surface area contributed by atoms with Crippen molar-refractivity contribution in [1.82, 2.24) is 14.6 Å². The van der Waals surface area contributed by atoms with Crippen LogP contribution in [0, 0.1) is 0 Å². The molecule has 0 radical (unpaired) electrons. The zero-order valence-electron chi connectivity index (χ0n) is 23.6. The van der Waals surface area contributed by atoms with Crippen molar-refractivity contribution >= 4 is 96.6 Å². The highest BCUT2D eigenvalue weighted by atomic mass is 32.2. The lowest BCUT2D eigenvalue weighted by molar-refractivity contribution is -0.121. The SMILES string of the molecule is CSc1ccc2c(c1)N(C(=O)COC(=O)c1ccc(NC(=O)CSc3nnc4sc5ccccc5n34)cc1)c1ccccc1S2. The van der Waals surface area contributed by atoms with Gasteiger partial charge in [-0.2, -0.15) is 0 Å². The average molecular weight is 670 g/mol. The van der Waals surface area contributed by atoms with Gasteiger partial charge in [-0.1, -0.05) is 59.1 Å². The van der Waals surface area contributed by atoms with Crippen LogP contribution in [-0.2, 0) is 14.3 Å². The fourth-order valence-corrected chi connectivity index (χ4v) is 8.11. The van der Waals surface area contributed by atoms with E-state index in [2.05, 4.69) is 15.5 Å². The number of rotatable bonds is 8. The van der Waals surface area contributed by atoms with Gasteiger partial charge in [0.05, 0.1) is 32.9 Å². The second-order valence-corrected chi connectivity index (χ2v) is 13.7. The molecule has 1 aliphatic rings. The van der Waals surface area contributed by atoms with Gasteiger partial charge in [0.25, 0.3) is 5.91 Å². The minimum absolute atomic E-state index is 0.135. The zero-order valence-corrected chi connectivity index (χ0v) is 26.9. The molecule has 0 saturated heterocycles. The number of thiazole rings is 1. The Morgan fingerprint density at radius 2 is 1.67 bits per heavy atom. The van der Waals surface area contributed by atoms with Gasteiger partial charge < -0.3 is 10.1 Å². The minimum atomic E-state index is -0.631. The molecule has 0 spiro atoms. The quantitative estimate of drug-likeness (QED) is 0.131. The van der Waals surface area contributed by atoms with Crippen molar-refractivity contribution in [1.29, 1.82) is 0 Å². The molecular formula is C32H23N5O4S4. The lowest BCUT2D eigenvalue weighted by atomic mass is 10.2. The Kier molecular flexibility index (Phi) is 8.23. The number of amides is 2. The summed E-state index contributed by atoms with van der Waals surface area (Å²) in [6.45, 7) is -0.425. The number of aromatic nitrogens is 3. The van der Waals surface area contributed by atoms with Crippen molar-refractivity contribution in [3.63, 3.8) is 0 Å². The number of hydrogen-bond donors (Lipinski definition) is 1. The highest BCUT2D eigenvalue weighted by Crippen LogP contribution is 2.49. The van der Waals surface area contributed by atoms with Crippen LogP contribution in [0.4, 0.5) is 17.1 Å². The predicted molar refractivity (Wildman–Crippen MR) is 180 cm³/mol. The largest absolute Gasteiger partial charge is 0.452 e. The summed E-state index contributed by atoms with van der Waals surface area (Å²) in [6, 6.07) is 28.0. The van der Waals surface area contributed by atoms with Gasteiger partial charge in [0.1, 0.15) is 0 Å². The van der Waals surface area contributed by atoms with Gasteiger partial charge in [0, 0.05) is 20.4 Å². The first-order valence-electron chi connectivity index (χ1n) is 13.7. The van der Waals surface area contributed by atoms with Gasteiger partial charge in [-0.25, -0.2) is 4.79 Å². The highest BCUT2D eigenvalue weighted by Gasteiger charge is 2.29. The molecular weight excluding hydrogens is 647 g/mol. The van der Waals surface area contributed by atoms with E-state index in [1.165, 1.54) is 11.8 Å². The second-order valence-electron chi connectivity index (χ2n) is 9.79. The molecule has 9 nitrogen and oxygen atoms in total. The number of benzene rings is 4. The number of carbonyl (C=O) groups is 3. The third kappa shape index (κ3) is 5.91. The van der Waals surface area contributed by atoms with E-state index in [1.807, 2.05) is 77.4 Å². The van der Waals surface area contributed by atoms with Gasteiger partial charge in [0.15, 0.2) is 11.8 Å². The van der Waals surface area contributed by atoms with Crippen LogP contribution < -0.4 is 10.2 Å². The minimum Gasteiger partial charge on any atom is -0.452 e. The standard InChI is InChI=1S/C32H23N5O4S4/c1-42-21-14-15-27-24(16-21)36(22-6-2-4-8-25(22)44-27)29(39)17-41-30(40)19-10-12-20(13-11-19)33-28(38)18-43-31-34-35-32-37(31)23-7-3-5-9-26(23)45-32/h2-16H,17-18H2,1H3,(H,33,38). The van der Waals surface area contributed by atoms with Crippen LogP contribution in [-0.4, -0.2) is 51.0 Å². The Balaban J connectivity index is 0.969. The molecule has 2 aromatic heterocycles.